The van der Waals surface area contributed by atoms with Crippen LogP contribution in [0.1, 0.15) is 11.1 Å². The van der Waals surface area contributed by atoms with Crippen LogP contribution in [0.5, 0.6) is 5.75 Å². The van der Waals surface area contributed by atoms with Crippen LogP contribution in [0.4, 0.5) is 10.5 Å². The van der Waals surface area contributed by atoms with E-state index in [2.05, 4.69) is 10.6 Å². The third-order valence-electron chi connectivity index (χ3n) is 3.02. The van der Waals surface area contributed by atoms with Crippen LogP contribution in [0, 0.1) is 6.92 Å². The van der Waals surface area contributed by atoms with Gasteiger partial charge in [-0.25, -0.2) is 4.79 Å². The zero-order chi connectivity index (χ0) is 15.1. The molecule has 4 heteroatoms. The topological polar surface area (TPSA) is 50.4 Å². The molecule has 0 aliphatic rings. The molecule has 0 aliphatic carbocycles. The molecule has 0 saturated heterocycles. The molecule has 0 spiro atoms. The van der Waals surface area contributed by atoms with Crippen molar-refractivity contribution in [1.82, 2.24) is 5.32 Å². The Hall–Kier alpha value is -2.75. The Kier molecular flexibility index (Phi) is 4.99. The smallest absolute Gasteiger partial charge is 0.323 e. The van der Waals surface area contributed by atoms with Gasteiger partial charge in [0.2, 0.25) is 0 Å². The molecule has 21 heavy (non-hydrogen) atoms. The van der Waals surface area contributed by atoms with Crippen molar-refractivity contribution >= 4 is 17.8 Å². The summed E-state index contributed by atoms with van der Waals surface area (Å²) in [5.41, 5.74) is 2.84. The van der Waals surface area contributed by atoms with E-state index < -0.39 is 0 Å². The van der Waals surface area contributed by atoms with Gasteiger partial charge in [-0.05, 0) is 36.3 Å². The van der Waals surface area contributed by atoms with Gasteiger partial charge in [-0.2, -0.15) is 0 Å². The third-order valence-corrected chi connectivity index (χ3v) is 3.02. The van der Waals surface area contributed by atoms with E-state index in [9.17, 15) is 4.79 Å². The molecule has 2 aromatic rings. The van der Waals surface area contributed by atoms with Gasteiger partial charge in [0.25, 0.3) is 0 Å². The fraction of sp³-hybridized carbons (Fsp3) is 0.118. The number of urea groups is 1. The first-order valence-electron chi connectivity index (χ1n) is 6.63. The van der Waals surface area contributed by atoms with Gasteiger partial charge < -0.3 is 15.4 Å². The molecule has 0 fully saturated rings. The van der Waals surface area contributed by atoms with Gasteiger partial charge >= 0.3 is 6.03 Å². The van der Waals surface area contributed by atoms with Gasteiger partial charge in [-0.1, -0.05) is 36.4 Å². The summed E-state index contributed by atoms with van der Waals surface area (Å²) in [6, 6.07) is 14.9. The van der Waals surface area contributed by atoms with Gasteiger partial charge in [0, 0.05) is 6.20 Å². The van der Waals surface area contributed by atoms with Crippen molar-refractivity contribution in [1.29, 1.82) is 0 Å². The average molecular weight is 282 g/mol. The van der Waals surface area contributed by atoms with E-state index in [1.807, 2.05) is 49.4 Å². The largest absolute Gasteiger partial charge is 0.495 e. The number of carbonyl (C=O) groups excluding carboxylic acids is 1. The normalized spacial score (nSPS) is 10.4. The first-order valence-corrected chi connectivity index (χ1v) is 6.63. The summed E-state index contributed by atoms with van der Waals surface area (Å²) >= 11 is 0. The highest BCUT2D eigenvalue weighted by molar-refractivity contribution is 5.91. The van der Waals surface area contributed by atoms with Gasteiger partial charge in [-0.3, -0.25) is 0 Å². The van der Waals surface area contributed by atoms with Gasteiger partial charge in [0.15, 0.2) is 0 Å². The molecular weight excluding hydrogens is 264 g/mol. The van der Waals surface area contributed by atoms with Crippen molar-refractivity contribution < 1.29 is 9.53 Å². The highest BCUT2D eigenvalue weighted by atomic mass is 16.5. The van der Waals surface area contributed by atoms with Crippen molar-refractivity contribution in [3.63, 3.8) is 0 Å². The molecule has 0 aliphatic heterocycles. The number of nitrogens with one attached hydrogen (secondary N) is 2. The number of rotatable bonds is 4. The number of carbonyl (C=O) groups is 1. The zero-order valence-corrected chi connectivity index (χ0v) is 12.1. The Balaban J connectivity index is 1.95. The fourth-order valence-electron chi connectivity index (χ4n) is 1.89. The number of hydrogen-bond donors (Lipinski definition) is 2. The predicted molar refractivity (Wildman–Crippen MR) is 85.4 cm³/mol. The van der Waals surface area contributed by atoms with Crippen LogP contribution in [0.2, 0.25) is 0 Å². The number of methoxy groups -OCH3 is 1. The lowest BCUT2D eigenvalue weighted by Gasteiger charge is -2.09. The molecule has 2 aromatic carbocycles. The molecule has 0 heterocycles. The molecule has 0 aromatic heterocycles. The molecule has 0 radical (unpaired) electrons. The second kappa shape index (κ2) is 7.14. The summed E-state index contributed by atoms with van der Waals surface area (Å²) in [5.74, 6) is 0.621. The fourth-order valence-corrected chi connectivity index (χ4v) is 1.89. The quantitative estimate of drug-likeness (QED) is 0.896. The number of para-hydroxylation sites is 2. The molecule has 0 saturated carbocycles. The van der Waals surface area contributed by atoms with Crippen LogP contribution in [-0.2, 0) is 0 Å². The first-order chi connectivity index (χ1) is 10.2. The van der Waals surface area contributed by atoms with E-state index in [0.29, 0.717) is 11.4 Å². The lowest BCUT2D eigenvalue weighted by molar-refractivity contribution is 0.255. The Morgan fingerprint density at radius 3 is 2.57 bits per heavy atom. The molecule has 108 valence electrons. The Labute approximate surface area is 124 Å². The molecular formula is C17H18N2O2. The summed E-state index contributed by atoms with van der Waals surface area (Å²) in [7, 11) is 1.57. The second-order valence-corrected chi connectivity index (χ2v) is 4.49. The minimum Gasteiger partial charge on any atom is -0.495 e. The van der Waals surface area contributed by atoms with Crippen LogP contribution in [0.3, 0.4) is 0 Å². The standard InChI is InChI=1S/C17H18N2O2/c1-13-7-3-4-8-14(13)11-12-18-17(20)19-15-9-5-6-10-16(15)21-2/h3-12H,1-2H3,(H2,18,19,20)/b12-11+. The van der Waals surface area contributed by atoms with Crippen LogP contribution < -0.4 is 15.4 Å². The highest BCUT2D eigenvalue weighted by Crippen LogP contribution is 2.22. The molecule has 2 rings (SSSR count). The van der Waals surface area contributed by atoms with Crippen molar-refractivity contribution in [2.45, 2.75) is 6.92 Å². The molecule has 2 N–H and O–H groups in total. The highest BCUT2D eigenvalue weighted by Gasteiger charge is 2.04. The number of aryl methyl sites for hydroxylation is 1. The Morgan fingerprint density at radius 1 is 1.10 bits per heavy atom. The summed E-state index contributed by atoms with van der Waals surface area (Å²) in [5, 5.41) is 5.41. The van der Waals surface area contributed by atoms with E-state index in [-0.39, 0.29) is 6.03 Å². The van der Waals surface area contributed by atoms with Crippen LogP contribution in [0.15, 0.2) is 54.7 Å². The third kappa shape index (κ3) is 4.11. The molecule has 0 bridgehead atoms. The maximum Gasteiger partial charge on any atom is 0.323 e. The lowest BCUT2D eigenvalue weighted by atomic mass is 10.1. The average Bonchev–Trinajstić information content (AvgIpc) is 2.50. The SMILES string of the molecule is COc1ccccc1NC(=O)N/C=C/c1ccccc1C. The van der Waals surface area contributed by atoms with Crippen LogP contribution in [-0.4, -0.2) is 13.1 Å². The van der Waals surface area contributed by atoms with Crippen molar-refractivity contribution in [3.8, 4) is 5.75 Å². The van der Waals surface area contributed by atoms with Gasteiger partial charge in [0.05, 0.1) is 12.8 Å². The number of benzene rings is 2. The van der Waals surface area contributed by atoms with E-state index in [4.69, 9.17) is 4.74 Å². The lowest BCUT2D eigenvalue weighted by Crippen LogP contribution is -2.23. The van der Waals surface area contributed by atoms with E-state index in [1.54, 1.807) is 25.4 Å². The van der Waals surface area contributed by atoms with Crippen LogP contribution >= 0.6 is 0 Å². The zero-order valence-electron chi connectivity index (χ0n) is 12.1. The van der Waals surface area contributed by atoms with Crippen LogP contribution in [0.25, 0.3) is 6.08 Å². The second-order valence-electron chi connectivity index (χ2n) is 4.49. The Bertz CT molecular complexity index is 651. The van der Waals surface area contributed by atoms with Crippen molar-refractivity contribution in [2.75, 3.05) is 12.4 Å². The first kappa shape index (κ1) is 14.7. The maximum atomic E-state index is 11.8. The number of hydrogen-bond acceptors (Lipinski definition) is 2. The maximum absolute atomic E-state index is 11.8. The van der Waals surface area contributed by atoms with Gasteiger partial charge in [-0.15, -0.1) is 0 Å². The minimum atomic E-state index is -0.315. The molecule has 2 amide bonds. The van der Waals surface area contributed by atoms with Crippen molar-refractivity contribution in [2.24, 2.45) is 0 Å². The summed E-state index contributed by atoms with van der Waals surface area (Å²) in [6.45, 7) is 2.02. The van der Waals surface area contributed by atoms with Gasteiger partial charge in [0.1, 0.15) is 5.75 Å². The van der Waals surface area contributed by atoms with E-state index >= 15 is 0 Å². The molecule has 0 unspecified atom stereocenters. The van der Waals surface area contributed by atoms with E-state index in [1.165, 1.54) is 0 Å². The predicted octanol–water partition coefficient (Wildman–Crippen LogP) is 3.80. The summed E-state index contributed by atoms with van der Waals surface area (Å²) in [6.07, 6.45) is 3.48. The summed E-state index contributed by atoms with van der Waals surface area (Å²) < 4.78 is 5.18. The van der Waals surface area contributed by atoms with E-state index in [0.717, 1.165) is 11.1 Å². The van der Waals surface area contributed by atoms with Crippen molar-refractivity contribution in [3.05, 3.63) is 65.9 Å². The Morgan fingerprint density at radius 2 is 1.81 bits per heavy atom. The number of amides is 2. The summed E-state index contributed by atoms with van der Waals surface area (Å²) in [4.78, 5) is 11.8. The minimum absolute atomic E-state index is 0.315. The number of anilines is 1. The molecule has 4 nitrogen and oxygen atoms in total. The number of ether oxygens (including phenoxy) is 1. The monoisotopic (exact) mass is 282 g/mol. The molecule has 0 atom stereocenters.